The van der Waals surface area contributed by atoms with E-state index in [0.29, 0.717) is 12.8 Å². The van der Waals surface area contributed by atoms with E-state index >= 15 is 0 Å². The van der Waals surface area contributed by atoms with Crippen LogP contribution in [0.3, 0.4) is 0 Å². The molecule has 0 aliphatic carbocycles. The molecule has 0 amide bonds. The molecule has 0 saturated carbocycles. The number of nitrogens with zero attached hydrogens (tertiary/aromatic N) is 2. The zero-order valence-electron chi connectivity index (χ0n) is 13.9. The highest BCUT2D eigenvalue weighted by molar-refractivity contribution is 7.89. The third-order valence-corrected chi connectivity index (χ3v) is 6.97. The van der Waals surface area contributed by atoms with Crippen molar-refractivity contribution in [2.24, 2.45) is 0 Å². The van der Waals surface area contributed by atoms with Gasteiger partial charge in [0.05, 0.1) is 4.90 Å². The van der Waals surface area contributed by atoms with Gasteiger partial charge in [0.1, 0.15) is 6.04 Å². The van der Waals surface area contributed by atoms with Crippen molar-refractivity contribution in [3.05, 3.63) is 29.8 Å². The molecule has 1 aromatic rings. The number of hydrogen-bond acceptors (Lipinski definition) is 4. The van der Waals surface area contributed by atoms with E-state index in [1.54, 1.807) is 12.1 Å². The second kappa shape index (κ2) is 6.82. The van der Waals surface area contributed by atoms with Gasteiger partial charge in [-0.15, -0.1) is 0 Å². The molecule has 0 bridgehead atoms. The van der Waals surface area contributed by atoms with Crippen LogP contribution in [0.1, 0.15) is 31.2 Å². The molecule has 0 spiro atoms. The summed E-state index contributed by atoms with van der Waals surface area (Å²) in [6.45, 7) is 4.06. The Labute approximate surface area is 143 Å². The Balaban J connectivity index is 1.85. The summed E-state index contributed by atoms with van der Waals surface area (Å²) in [6.07, 6.45) is 3.33. The zero-order chi connectivity index (χ0) is 17.3. The second-order valence-corrected chi connectivity index (χ2v) is 8.60. The molecular weight excluding hydrogens is 328 g/mol. The molecule has 2 heterocycles. The van der Waals surface area contributed by atoms with Crippen LogP contribution < -0.4 is 0 Å². The lowest BCUT2D eigenvalue weighted by molar-refractivity contribution is -0.143. The maximum absolute atomic E-state index is 12.9. The van der Waals surface area contributed by atoms with Crippen LogP contribution in [0.5, 0.6) is 0 Å². The van der Waals surface area contributed by atoms with Gasteiger partial charge >= 0.3 is 5.97 Å². The van der Waals surface area contributed by atoms with Gasteiger partial charge in [-0.1, -0.05) is 12.1 Å². The first-order valence-corrected chi connectivity index (χ1v) is 9.89. The minimum Gasteiger partial charge on any atom is -0.480 e. The number of hydrogen-bond donors (Lipinski definition) is 1. The molecule has 24 heavy (non-hydrogen) atoms. The van der Waals surface area contributed by atoms with Crippen LogP contribution in [0, 0.1) is 6.92 Å². The number of aliphatic carboxylic acids is 1. The molecule has 2 aliphatic heterocycles. The lowest BCUT2D eigenvalue weighted by atomic mass is 9.98. The van der Waals surface area contributed by atoms with E-state index in [4.69, 9.17) is 0 Å². The highest BCUT2D eigenvalue weighted by atomic mass is 32.2. The number of likely N-dealkylation sites (tertiary alicyclic amines) is 1. The van der Waals surface area contributed by atoms with Crippen LogP contribution in [0.25, 0.3) is 0 Å². The molecule has 1 N–H and O–H groups in total. The summed E-state index contributed by atoms with van der Waals surface area (Å²) >= 11 is 0. The maximum Gasteiger partial charge on any atom is 0.322 e. The molecule has 6 nitrogen and oxygen atoms in total. The summed E-state index contributed by atoms with van der Waals surface area (Å²) in [5, 5.41) is 9.61. The van der Waals surface area contributed by atoms with Gasteiger partial charge in [-0.3, -0.25) is 4.79 Å². The van der Waals surface area contributed by atoms with Gasteiger partial charge in [0.2, 0.25) is 10.0 Å². The summed E-state index contributed by atoms with van der Waals surface area (Å²) < 4.78 is 27.0. The first kappa shape index (κ1) is 17.4. The van der Waals surface area contributed by atoms with Crippen LogP contribution >= 0.6 is 0 Å². The predicted octanol–water partition coefficient (Wildman–Crippen LogP) is 1.70. The molecule has 2 saturated heterocycles. The topological polar surface area (TPSA) is 77.9 Å². The SMILES string of the molecule is Cc1cccc(S(=O)(=O)N2CC[C@H](N3CCCC3)C[C@@H]2C(=O)O)c1. The Morgan fingerprint density at radius 1 is 1.21 bits per heavy atom. The Morgan fingerprint density at radius 2 is 1.92 bits per heavy atom. The molecule has 2 aliphatic rings. The van der Waals surface area contributed by atoms with Crippen molar-refractivity contribution in [2.45, 2.75) is 49.6 Å². The Kier molecular flexibility index (Phi) is 4.94. The molecule has 0 radical (unpaired) electrons. The van der Waals surface area contributed by atoms with Crippen molar-refractivity contribution in [3.63, 3.8) is 0 Å². The Bertz CT molecular complexity index is 713. The van der Waals surface area contributed by atoms with E-state index in [1.807, 2.05) is 13.0 Å². The minimum atomic E-state index is -3.79. The maximum atomic E-state index is 12.9. The number of carboxylic acids is 1. The summed E-state index contributed by atoms with van der Waals surface area (Å²) in [6, 6.07) is 5.82. The van der Waals surface area contributed by atoms with E-state index < -0.39 is 22.0 Å². The van der Waals surface area contributed by atoms with Crippen molar-refractivity contribution >= 4 is 16.0 Å². The average Bonchev–Trinajstić information content (AvgIpc) is 3.08. The van der Waals surface area contributed by atoms with Crippen molar-refractivity contribution in [2.75, 3.05) is 19.6 Å². The largest absolute Gasteiger partial charge is 0.480 e. The van der Waals surface area contributed by atoms with Gasteiger partial charge in [0.15, 0.2) is 0 Å². The smallest absolute Gasteiger partial charge is 0.322 e. The lowest BCUT2D eigenvalue weighted by Gasteiger charge is -2.39. The van der Waals surface area contributed by atoms with Gasteiger partial charge in [-0.25, -0.2) is 8.42 Å². The highest BCUT2D eigenvalue weighted by Crippen LogP contribution is 2.29. The predicted molar refractivity (Wildman–Crippen MR) is 90.3 cm³/mol. The second-order valence-electron chi connectivity index (χ2n) is 6.71. The normalized spacial score (nSPS) is 26.5. The van der Waals surface area contributed by atoms with Crippen molar-refractivity contribution < 1.29 is 18.3 Å². The summed E-state index contributed by atoms with van der Waals surface area (Å²) in [5.41, 5.74) is 0.843. The van der Waals surface area contributed by atoms with Crippen LogP contribution in [0.4, 0.5) is 0 Å². The summed E-state index contributed by atoms with van der Waals surface area (Å²) in [7, 11) is -3.79. The molecule has 2 fully saturated rings. The first-order chi connectivity index (χ1) is 11.4. The number of piperidine rings is 1. The fourth-order valence-corrected chi connectivity index (χ4v) is 5.50. The Hall–Kier alpha value is -1.44. The lowest BCUT2D eigenvalue weighted by Crippen LogP contribution is -2.54. The monoisotopic (exact) mass is 352 g/mol. The van der Waals surface area contributed by atoms with Crippen LogP contribution in [0.15, 0.2) is 29.2 Å². The van der Waals surface area contributed by atoms with E-state index in [-0.39, 0.29) is 17.5 Å². The molecule has 0 unspecified atom stereocenters. The molecule has 132 valence electrons. The fourth-order valence-electron chi connectivity index (χ4n) is 3.79. The fraction of sp³-hybridized carbons (Fsp3) is 0.588. The van der Waals surface area contributed by atoms with Gasteiger partial charge in [0, 0.05) is 12.6 Å². The molecule has 3 rings (SSSR count). The Morgan fingerprint density at radius 3 is 2.54 bits per heavy atom. The number of aryl methyl sites for hydroxylation is 1. The third kappa shape index (κ3) is 3.34. The number of rotatable bonds is 4. The quantitative estimate of drug-likeness (QED) is 0.892. The summed E-state index contributed by atoms with van der Waals surface area (Å²) in [5.74, 6) is -1.06. The minimum absolute atomic E-state index is 0.164. The summed E-state index contributed by atoms with van der Waals surface area (Å²) in [4.78, 5) is 14.2. The number of sulfonamides is 1. The standard InChI is InChI=1S/C17H24N2O4S/c1-13-5-4-6-15(11-13)24(22,23)19-10-7-14(12-16(19)17(20)21)18-8-2-3-9-18/h4-6,11,14,16H,2-3,7-10,12H2,1H3,(H,20,21)/t14-,16+/m0/s1. The molecule has 7 heteroatoms. The van der Waals surface area contributed by atoms with Crippen LogP contribution in [-0.4, -0.2) is 60.4 Å². The van der Waals surface area contributed by atoms with Crippen LogP contribution in [0.2, 0.25) is 0 Å². The molecule has 0 aromatic heterocycles. The van der Waals surface area contributed by atoms with Crippen molar-refractivity contribution in [1.29, 1.82) is 0 Å². The van der Waals surface area contributed by atoms with Gasteiger partial charge in [-0.05, 0) is 63.4 Å². The number of benzene rings is 1. The number of carboxylic acid groups (broad SMARTS) is 1. The third-order valence-electron chi connectivity index (χ3n) is 5.06. The van der Waals surface area contributed by atoms with E-state index in [1.165, 1.54) is 10.4 Å². The first-order valence-electron chi connectivity index (χ1n) is 8.45. The number of carbonyl (C=O) groups is 1. The molecule has 2 atom stereocenters. The zero-order valence-corrected chi connectivity index (χ0v) is 14.7. The van der Waals surface area contributed by atoms with E-state index in [2.05, 4.69) is 4.90 Å². The van der Waals surface area contributed by atoms with Gasteiger partial charge in [-0.2, -0.15) is 4.31 Å². The average molecular weight is 352 g/mol. The van der Waals surface area contributed by atoms with Gasteiger partial charge in [0.25, 0.3) is 0 Å². The van der Waals surface area contributed by atoms with Crippen molar-refractivity contribution in [3.8, 4) is 0 Å². The molecule has 1 aromatic carbocycles. The highest BCUT2D eigenvalue weighted by Gasteiger charge is 2.42. The van der Waals surface area contributed by atoms with E-state index in [0.717, 1.165) is 31.5 Å². The molecular formula is C17H24N2O4S. The van der Waals surface area contributed by atoms with Crippen molar-refractivity contribution in [1.82, 2.24) is 9.21 Å². The van der Waals surface area contributed by atoms with E-state index in [9.17, 15) is 18.3 Å². The van der Waals surface area contributed by atoms with Crippen LogP contribution in [-0.2, 0) is 14.8 Å². The van der Waals surface area contributed by atoms with Gasteiger partial charge < -0.3 is 10.0 Å².